The summed E-state index contributed by atoms with van der Waals surface area (Å²) in [7, 11) is 1.79. The Kier molecular flexibility index (Phi) is 4.84. The van der Waals surface area contributed by atoms with E-state index in [1.807, 2.05) is 18.2 Å². The molecule has 140 valence electrons. The van der Waals surface area contributed by atoms with Crippen LogP contribution in [0.2, 0.25) is 0 Å². The number of hydrogen-bond acceptors (Lipinski definition) is 2. The average molecular weight is 362 g/mol. The SMILES string of the molecule is CN=C(NCC1CC(=O)Nc2ccccc21)NCC1(c2ccccc2)CC1. The number of carbonyl (C=O) groups excluding carboxylic acids is 1. The lowest BCUT2D eigenvalue weighted by atomic mass is 9.90. The summed E-state index contributed by atoms with van der Waals surface area (Å²) in [4.78, 5) is 16.4. The molecule has 5 heteroatoms. The van der Waals surface area contributed by atoms with E-state index >= 15 is 0 Å². The number of benzene rings is 2. The van der Waals surface area contributed by atoms with Gasteiger partial charge >= 0.3 is 0 Å². The van der Waals surface area contributed by atoms with Crippen molar-refractivity contribution in [2.45, 2.75) is 30.6 Å². The van der Waals surface area contributed by atoms with Crippen LogP contribution in [0.4, 0.5) is 5.69 Å². The van der Waals surface area contributed by atoms with Gasteiger partial charge in [-0.05, 0) is 30.0 Å². The van der Waals surface area contributed by atoms with E-state index in [-0.39, 0.29) is 17.2 Å². The zero-order valence-corrected chi connectivity index (χ0v) is 15.7. The van der Waals surface area contributed by atoms with E-state index in [9.17, 15) is 4.79 Å². The number of aliphatic imine (C=N–C) groups is 1. The predicted octanol–water partition coefficient (Wildman–Crippen LogP) is 3.01. The minimum Gasteiger partial charge on any atom is -0.356 e. The number of nitrogens with one attached hydrogen (secondary N) is 3. The van der Waals surface area contributed by atoms with Crippen LogP contribution in [-0.4, -0.2) is 32.0 Å². The van der Waals surface area contributed by atoms with Crippen molar-refractivity contribution in [3.8, 4) is 0 Å². The second kappa shape index (κ2) is 7.43. The van der Waals surface area contributed by atoms with Gasteiger partial charge in [0, 0.05) is 43.6 Å². The maximum atomic E-state index is 12.0. The van der Waals surface area contributed by atoms with Crippen molar-refractivity contribution in [2.75, 3.05) is 25.5 Å². The molecule has 2 aromatic rings. The molecule has 27 heavy (non-hydrogen) atoms. The van der Waals surface area contributed by atoms with Crippen LogP contribution < -0.4 is 16.0 Å². The number of hydrogen-bond donors (Lipinski definition) is 3. The van der Waals surface area contributed by atoms with Gasteiger partial charge in [-0.3, -0.25) is 9.79 Å². The average Bonchev–Trinajstić information content (AvgIpc) is 3.50. The first-order chi connectivity index (χ1) is 13.2. The Labute approximate surface area is 160 Å². The van der Waals surface area contributed by atoms with Crippen LogP contribution >= 0.6 is 0 Å². The maximum Gasteiger partial charge on any atom is 0.225 e. The van der Waals surface area contributed by atoms with Gasteiger partial charge in [0.05, 0.1) is 0 Å². The largest absolute Gasteiger partial charge is 0.356 e. The fourth-order valence-corrected chi connectivity index (χ4v) is 3.89. The zero-order chi connectivity index (χ0) is 18.7. The second-order valence-corrected chi connectivity index (χ2v) is 7.49. The van der Waals surface area contributed by atoms with Crippen LogP contribution in [0.3, 0.4) is 0 Å². The van der Waals surface area contributed by atoms with E-state index in [0.717, 1.165) is 18.2 Å². The Bertz CT molecular complexity index is 842. The molecule has 3 N–H and O–H groups in total. The molecule has 0 spiro atoms. The van der Waals surface area contributed by atoms with Gasteiger partial charge in [-0.2, -0.15) is 0 Å². The summed E-state index contributed by atoms with van der Waals surface area (Å²) in [5, 5.41) is 9.85. The molecule has 1 fully saturated rings. The van der Waals surface area contributed by atoms with E-state index in [2.05, 4.69) is 57.3 Å². The minimum absolute atomic E-state index is 0.0736. The smallest absolute Gasteiger partial charge is 0.225 e. The Morgan fingerprint density at radius 3 is 2.59 bits per heavy atom. The van der Waals surface area contributed by atoms with Gasteiger partial charge in [0.2, 0.25) is 5.91 Å². The molecular formula is C22H26N4O. The number of carbonyl (C=O) groups is 1. The van der Waals surface area contributed by atoms with Crippen LogP contribution in [-0.2, 0) is 10.2 Å². The minimum atomic E-state index is 0.0736. The summed E-state index contributed by atoms with van der Waals surface area (Å²) < 4.78 is 0. The third-order valence-corrected chi connectivity index (χ3v) is 5.68. The van der Waals surface area contributed by atoms with Crippen molar-refractivity contribution in [1.29, 1.82) is 0 Å². The first-order valence-corrected chi connectivity index (χ1v) is 9.59. The van der Waals surface area contributed by atoms with E-state index < -0.39 is 0 Å². The van der Waals surface area contributed by atoms with E-state index in [1.165, 1.54) is 24.0 Å². The van der Waals surface area contributed by atoms with Crippen LogP contribution in [0.15, 0.2) is 59.6 Å². The first kappa shape index (κ1) is 17.6. The molecule has 1 unspecified atom stereocenters. The molecule has 1 saturated carbocycles. The molecule has 1 aliphatic carbocycles. The fourth-order valence-electron chi connectivity index (χ4n) is 3.89. The third-order valence-electron chi connectivity index (χ3n) is 5.68. The number of amides is 1. The van der Waals surface area contributed by atoms with Gasteiger partial charge in [-0.1, -0.05) is 48.5 Å². The lowest BCUT2D eigenvalue weighted by Gasteiger charge is -2.26. The van der Waals surface area contributed by atoms with Gasteiger partial charge in [-0.15, -0.1) is 0 Å². The van der Waals surface area contributed by atoms with Gasteiger partial charge in [0.15, 0.2) is 5.96 Å². The van der Waals surface area contributed by atoms with Crippen molar-refractivity contribution >= 4 is 17.6 Å². The summed E-state index contributed by atoms with van der Waals surface area (Å²) in [6, 6.07) is 18.7. The lowest BCUT2D eigenvalue weighted by Crippen LogP contribution is -2.43. The van der Waals surface area contributed by atoms with Gasteiger partial charge in [-0.25, -0.2) is 0 Å². The zero-order valence-electron chi connectivity index (χ0n) is 15.7. The lowest BCUT2D eigenvalue weighted by molar-refractivity contribution is -0.116. The van der Waals surface area contributed by atoms with Gasteiger partial charge in [0.25, 0.3) is 0 Å². The quantitative estimate of drug-likeness (QED) is 0.566. The summed E-state index contributed by atoms with van der Waals surface area (Å²) in [5.74, 6) is 1.02. The molecule has 0 bridgehead atoms. The normalized spacial score (nSPS) is 20.4. The molecule has 1 amide bonds. The first-order valence-electron chi connectivity index (χ1n) is 9.59. The Morgan fingerprint density at radius 2 is 1.85 bits per heavy atom. The summed E-state index contributed by atoms with van der Waals surface area (Å²) >= 11 is 0. The van der Waals surface area contributed by atoms with Crippen molar-refractivity contribution in [3.05, 3.63) is 65.7 Å². The van der Waals surface area contributed by atoms with Crippen molar-refractivity contribution in [1.82, 2.24) is 10.6 Å². The van der Waals surface area contributed by atoms with E-state index in [1.54, 1.807) is 7.05 Å². The highest BCUT2D eigenvalue weighted by atomic mass is 16.1. The molecule has 1 aliphatic heterocycles. The monoisotopic (exact) mass is 362 g/mol. The molecule has 4 rings (SSSR count). The highest BCUT2D eigenvalue weighted by molar-refractivity contribution is 5.94. The summed E-state index contributed by atoms with van der Waals surface area (Å²) in [5.41, 5.74) is 3.73. The Balaban J connectivity index is 1.36. The molecule has 0 radical (unpaired) electrons. The fraction of sp³-hybridized carbons (Fsp3) is 0.364. The Hall–Kier alpha value is -2.82. The summed E-state index contributed by atoms with van der Waals surface area (Å²) in [6.45, 7) is 1.56. The predicted molar refractivity (Wildman–Crippen MR) is 109 cm³/mol. The van der Waals surface area contributed by atoms with Crippen LogP contribution in [0.25, 0.3) is 0 Å². The molecule has 0 aromatic heterocycles. The highest BCUT2D eigenvalue weighted by Crippen LogP contribution is 2.47. The van der Waals surface area contributed by atoms with Crippen molar-refractivity contribution < 1.29 is 4.79 Å². The molecule has 5 nitrogen and oxygen atoms in total. The van der Waals surface area contributed by atoms with Crippen LogP contribution in [0.5, 0.6) is 0 Å². The number of fused-ring (bicyclic) bond motifs is 1. The topological polar surface area (TPSA) is 65.5 Å². The molecule has 0 saturated heterocycles. The second-order valence-electron chi connectivity index (χ2n) is 7.49. The molecule has 1 atom stereocenters. The molecule has 1 heterocycles. The third kappa shape index (κ3) is 3.82. The van der Waals surface area contributed by atoms with Crippen LogP contribution in [0.1, 0.15) is 36.3 Å². The Morgan fingerprint density at radius 1 is 1.11 bits per heavy atom. The summed E-state index contributed by atoms with van der Waals surface area (Å²) in [6.07, 6.45) is 2.91. The number of para-hydroxylation sites is 1. The standard InChI is InChI=1S/C22H26N4O/c1-23-21(25-15-22(11-12-22)17-7-3-2-4-8-17)24-14-16-13-20(27)26-19-10-6-5-9-18(16)19/h2-10,16H,11-15H2,1H3,(H,26,27)(H2,23,24,25). The van der Waals surface area contributed by atoms with Gasteiger partial charge in [0.1, 0.15) is 0 Å². The van der Waals surface area contributed by atoms with Crippen molar-refractivity contribution in [3.63, 3.8) is 0 Å². The molecular weight excluding hydrogens is 336 g/mol. The van der Waals surface area contributed by atoms with E-state index in [4.69, 9.17) is 0 Å². The molecule has 2 aliphatic rings. The maximum absolute atomic E-state index is 12.0. The van der Waals surface area contributed by atoms with E-state index in [0.29, 0.717) is 13.0 Å². The number of guanidine groups is 1. The van der Waals surface area contributed by atoms with Gasteiger partial charge < -0.3 is 16.0 Å². The number of nitrogens with zero attached hydrogens (tertiary/aromatic N) is 1. The molecule has 2 aromatic carbocycles. The highest BCUT2D eigenvalue weighted by Gasteiger charge is 2.44. The number of rotatable bonds is 5. The van der Waals surface area contributed by atoms with Crippen LogP contribution in [0, 0.1) is 0 Å². The number of anilines is 1. The van der Waals surface area contributed by atoms with Crippen molar-refractivity contribution in [2.24, 2.45) is 4.99 Å².